The Labute approximate surface area is 110 Å². The van der Waals surface area contributed by atoms with E-state index in [0.29, 0.717) is 19.3 Å². The van der Waals surface area contributed by atoms with Gasteiger partial charge in [-0.1, -0.05) is 0 Å². The van der Waals surface area contributed by atoms with Crippen LogP contribution in [0.3, 0.4) is 0 Å². The van der Waals surface area contributed by atoms with Crippen molar-refractivity contribution in [3.8, 4) is 0 Å². The van der Waals surface area contributed by atoms with Gasteiger partial charge in [-0.25, -0.2) is 0 Å². The Balaban J connectivity index is 1.97. The van der Waals surface area contributed by atoms with Crippen molar-refractivity contribution in [1.29, 1.82) is 0 Å². The standard InChI is InChI=1S/C13H27N3O2/c1-3-14-13(16-12-6-7-12)15-8-4-5-9-18-11-10-17-2/h12H,3-11H2,1-2H3,(H2,14,15,16). The molecule has 1 aliphatic rings. The van der Waals surface area contributed by atoms with Gasteiger partial charge in [0.1, 0.15) is 0 Å². The monoisotopic (exact) mass is 257 g/mol. The van der Waals surface area contributed by atoms with Gasteiger partial charge in [-0.15, -0.1) is 0 Å². The molecule has 2 N–H and O–H groups in total. The van der Waals surface area contributed by atoms with E-state index >= 15 is 0 Å². The van der Waals surface area contributed by atoms with Gasteiger partial charge in [-0.05, 0) is 32.6 Å². The normalized spacial score (nSPS) is 15.8. The molecule has 0 aromatic rings. The van der Waals surface area contributed by atoms with Crippen LogP contribution < -0.4 is 10.6 Å². The minimum Gasteiger partial charge on any atom is -0.382 e. The Morgan fingerprint density at radius 3 is 2.72 bits per heavy atom. The molecule has 1 fully saturated rings. The molecule has 106 valence electrons. The predicted molar refractivity (Wildman–Crippen MR) is 74.1 cm³/mol. The average molecular weight is 257 g/mol. The molecule has 0 aromatic heterocycles. The van der Waals surface area contributed by atoms with Gasteiger partial charge in [0.2, 0.25) is 0 Å². The minimum atomic E-state index is 0.653. The van der Waals surface area contributed by atoms with Gasteiger partial charge in [0.25, 0.3) is 0 Å². The maximum absolute atomic E-state index is 5.40. The molecule has 5 heteroatoms. The summed E-state index contributed by atoms with van der Waals surface area (Å²) in [6.45, 7) is 6.02. The van der Waals surface area contributed by atoms with Crippen LogP contribution in [0.5, 0.6) is 0 Å². The zero-order valence-corrected chi connectivity index (χ0v) is 11.7. The first-order valence-electron chi connectivity index (χ1n) is 6.98. The summed E-state index contributed by atoms with van der Waals surface area (Å²) < 4.78 is 10.3. The highest BCUT2D eigenvalue weighted by Gasteiger charge is 2.21. The summed E-state index contributed by atoms with van der Waals surface area (Å²) in [6.07, 6.45) is 4.67. The van der Waals surface area contributed by atoms with Crippen LogP contribution in [0, 0.1) is 0 Å². The van der Waals surface area contributed by atoms with E-state index in [1.54, 1.807) is 7.11 Å². The Morgan fingerprint density at radius 2 is 2.06 bits per heavy atom. The number of aliphatic imine (C=N–C) groups is 1. The highest BCUT2D eigenvalue weighted by Crippen LogP contribution is 2.18. The van der Waals surface area contributed by atoms with Crippen LogP contribution in [-0.2, 0) is 9.47 Å². The van der Waals surface area contributed by atoms with Crippen LogP contribution in [0.4, 0.5) is 0 Å². The quantitative estimate of drug-likeness (QED) is 0.350. The largest absolute Gasteiger partial charge is 0.382 e. The van der Waals surface area contributed by atoms with Gasteiger partial charge in [0.05, 0.1) is 13.2 Å². The van der Waals surface area contributed by atoms with Crippen molar-refractivity contribution < 1.29 is 9.47 Å². The molecule has 0 radical (unpaired) electrons. The molecule has 0 aromatic carbocycles. The molecule has 0 saturated heterocycles. The molecular formula is C13H27N3O2. The average Bonchev–Trinajstić information content (AvgIpc) is 3.16. The first-order valence-corrected chi connectivity index (χ1v) is 6.98. The predicted octanol–water partition coefficient (Wildman–Crippen LogP) is 1.15. The van der Waals surface area contributed by atoms with E-state index in [1.165, 1.54) is 12.8 Å². The maximum atomic E-state index is 5.40. The molecule has 0 spiro atoms. The molecular weight excluding hydrogens is 230 g/mol. The lowest BCUT2D eigenvalue weighted by molar-refractivity contribution is 0.0690. The second-order valence-corrected chi connectivity index (χ2v) is 4.49. The summed E-state index contributed by atoms with van der Waals surface area (Å²) in [6, 6.07) is 0.653. The van der Waals surface area contributed by atoms with E-state index in [0.717, 1.165) is 38.5 Å². The van der Waals surface area contributed by atoms with Crippen LogP contribution in [0.2, 0.25) is 0 Å². The molecule has 18 heavy (non-hydrogen) atoms. The smallest absolute Gasteiger partial charge is 0.191 e. The van der Waals surface area contributed by atoms with Crippen LogP contribution >= 0.6 is 0 Å². The molecule has 0 unspecified atom stereocenters. The molecule has 1 aliphatic carbocycles. The fraction of sp³-hybridized carbons (Fsp3) is 0.923. The topological polar surface area (TPSA) is 54.9 Å². The van der Waals surface area contributed by atoms with Crippen LogP contribution in [-0.4, -0.2) is 52.0 Å². The van der Waals surface area contributed by atoms with E-state index in [9.17, 15) is 0 Å². The highest BCUT2D eigenvalue weighted by molar-refractivity contribution is 5.80. The molecule has 1 rings (SSSR count). The molecule has 0 aliphatic heterocycles. The number of ether oxygens (including phenoxy) is 2. The van der Waals surface area contributed by atoms with E-state index in [2.05, 4.69) is 22.5 Å². The number of hydrogen-bond donors (Lipinski definition) is 2. The van der Waals surface area contributed by atoms with Gasteiger partial charge < -0.3 is 20.1 Å². The molecule has 0 atom stereocenters. The van der Waals surface area contributed by atoms with Crippen molar-refractivity contribution in [2.45, 2.75) is 38.6 Å². The molecule has 0 heterocycles. The van der Waals surface area contributed by atoms with Crippen molar-refractivity contribution in [2.24, 2.45) is 4.99 Å². The van der Waals surface area contributed by atoms with Gasteiger partial charge in [-0.2, -0.15) is 0 Å². The third kappa shape index (κ3) is 8.31. The van der Waals surface area contributed by atoms with Crippen LogP contribution in [0.25, 0.3) is 0 Å². The lowest BCUT2D eigenvalue weighted by Crippen LogP contribution is -2.38. The van der Waals surface area contributed by atoms with Crippen LogP contribution in [0.15, 0.2) is 4.99 Å². The number of unbranched alkanes of at least 4 members (excludes halogenated alkanes) is 1. The number of hydrogen-bond acceptors (Lipinski definition) is 3. The lowest BCUT2D eigenvalue weighted by atomic mass is 10.3. The fourth-order valence-electron chi connectivity index (χ4n) is 1.49. The Hall–Kier alpha value is -0.810. The van der Waals surface area contributed by atoms with Crippen LogP contribution in [0.1, 0.15) is 32.6 Å². The Bertz CT molecular complexity index is 230. The van der Waals surface area contributed by atoms with E-state index in [-0.39, 0.29) is 0 Å². The first-order chi connectivity index (χ1) is 8.86. The summed E-state index contributed by atoms with van der Waals surface area (Å²) in [7, 11) is 1.69. The van der Waals surface area contributed by atoms with Gasteiger partial charge in [0.15, 0.2) is 5.96 Å². The van der Waals surface area contributed by atoms with E-state index < -0.39 is 0 Å². The van der Waals surface area contributed by atoms with Crippen molar-refractivity contribution in [3.63, 3.8) is 0 Å². The van der Waals surface area contributed by atoms with Gasteiger partial charge >= 0.3 is 0 Å². The van der Waals surface area contributed by atoms with Gasteiger partial charge in [0, 0.05) is 32.8 Å². The number of methoxy groups -OCH3 is 1. The van der Waals surface area contributed by atoms with E-state index in [1.807, 2.05) is 0 Å². The molecule has 0 amide bonds. The van der Waals surface area contributed by atoms with Gasteiger partial charge in [-0.3, -0.25) is 4.99 Å². The highest BCUT2D eigenvalue weighted by atomic mass is 16.5. The Kier molecular flexibility index (Phi) is 8.59. The maximum Gasteiger partial charge on any atom is 0.191 e. The Morgan fingerprint density at radius 1 is 1.22 bits per heavy atom. The first kappa shape index (κ1) is 15.2. The molecule has 0 bridgehead atoms. The number of guanidine groups is 1. The number of nitrogens with one attached hydrogen (secondary N) is 2. The van der Waals surface area contributed by atoms with E-state index in [4.69, 9.17) is 9.47 Å². The van der Waals surface area contributed by atoms with Crippen molar-refractivity contribution in [2.75, 3.05) is 40.0 Å². The van der Waals surface area contributed by atoms with Crippen molar-refractivity contribution in [3.05, 3.63) is 0 Å². The fourth-order valence-corrected chi connectivity index (χ4v) is 1.49. The summed E-state index contributed by atoms with van der Waals surface area (Å²) in [5.74, 6) is 0.959. The minimum absolute atomic E-state index is 0.653. The molecule has 1 saturated carbocycles. The third-order valence-electron chi connectivity index (χ3n) is 2.66. The van der Waals surface area contributed by atoms with Crippen molar-refractivity contribution >= 4 is 5.96 Å². The van der Waals surface area contributed by atoms with Crippen molar-refractivity contribution in [1.82, 2.24) is 10.6 Å². The summed E-state index contributed by atoms with van der Waals surface area (Å²) in [4.78, 5) is 4.54. The summed E-state index contributed by atoms with van der Waals surface area (Å²) in [5, 5.41) is 6.67. The summed E-state index contributed by atoms with van der Waals surface area (Å²) in [5.41, 5.74) is 0. The SMILES string of the molecule is CCNC(=NCCCCOCCOC)NC1CC1. The number of nitrogens with zero attached hydrogens (tertiary/aromatic N) is 1. The zero-order chi connectivity index (χ0) is 13.1. The second-order valence-electron chi connectivity index (χ2n) is 4.49. The molecule has 5 nitrogen and oxygen atoms in total. The zero-order valence-electron chi connectivity index (χ0n) is 11.7. The number of rotatable bonds is 10. The third-order valence-corrected chi connectivity index (χ3v) is 2.66. The summed E-state index contributed by atoms with van der Waals surface area (Å²) >= 11 is 0. The lowest BCUT2D eigenvalue weighted by Gasteiger charge is -2.10. The second kappa shape index (κ2) is 10.1.